The zero-order chi connectivity index (χ0) is 33.1. The lowest BCUT2D eigenvalue weighted by molar-refractivity contribution is 0.126. The minimum Gasteiger partial charge on any atom is -0.508 e. The number of nitrogens with one attached hydrogen (secondary N) is 1. The standard InChI is InChI=1S/C25H37NO4/c27-20-23-18-22(13-14-24(23)28)25(29)19-26-15-7-1-2-8-16-30-17-9-6-12-21-10-4-3-5-11-21/h3-5,10-11,13-14,18,25-29H,1-2,6-9,12,15-17,19-20H2/i7D2,8D2,15D2,16D2,17D2,19D2,25D. The molecule has 166 valence electrons. The molecule has 0 amide bonds. The van der Waals surface area contributed by atoms with Crippen molar-refractivity contribution in [2.24, 2.45) is 0 Å². The average molecular weight is 429 g/mol. The number of aryl methyl sites for hydroxylation is 1. The second-order valence-corrected chi connectivity index (χ2v) is 6.27. The lowest BCUT2D eigenvalue weighted by Gasteiger charge is -2.14. The fourth-order valence-electron chi connectivity index (χ4n) is 2.44. The van der Waals surface area contributed by atoms with E-state index in [9.17, 15) is 15.3 Å². The third-order valence-electron chi connectivity index (χ3n) is 4.01. The molecule has 5 heteroatoms. The van der Waals surface area contributed by atoms with E-state index in [1.807, 2.05) is 30.3 Å². The van der Waals surface area contributed by atoms with Crippen molar-refractivity contribution >= 4 is 0 Å². The first kappa shape index (κ1) is 11.6. The monoisotopic (exact) mass is 428 g/mol. The summed E-state index contributed by atoms with van der Waals surface area (Å²) < 4.78 is 111. The Bertz CT molecular complexity index is 1210. The Kier molecular flexibility index (Phi) is 5.80. The van der Waals surface area contributed by atoms with Gasteiger partial charge in [-0.15, -0.1) is 0 Å². The maximum absolute atomic E-state index is 10.7. The van der Waals surface area contributed by atoms with Crippen LogP contribution in [-0.2, 0) is 17.8 Å². The number of ether oxygens (including phenoxy) is 1. The predicted molar refractivity (Wildman–Crippen MR) is 121 cm³/mol. The van der Waals surface area contributed by atoms with Crippen LogP contribution in [0.1, 0.15) is 79.0 Å². The fraction of sp³-hybridized carbons (Fsp3) is 0.520. The Hall–Kier alpha value is -1.92. The van der Waals surface area contributed by atoms with E-state index in [-0.39, 0.29) is 18.4 Å². The van der Waals surface area contributed by atoms with E-state index < -0.39 is 75.7 Å². The summed E-state index contributed by atoms with van der Waals surface area (Å²) in [6.07, 6.45) is -11.0. The molecule has 0 spiro atoms. The van der Waals surface area contributed by atoms with Crippen LogP contribution in [0.2, 0.25) is 0 Å². The van der Waals surface area contributed by atoms with Crippen LogP contribution >= 0.6 is 0 Å². The second kappa shape index (κ2) is 15.0. The summed E-state index contributed by atoms with van der Waals surface area (Å²) in [7, 11) is 0. The highest BCUT2D eigenvalue weighted by atomic mass is 16.5. The topological polar surface area (TPSA) is 82.0 Å². The summed E-state index contributed by atoms with van der Waals surface area (Å²) in [6, 6.07) is 12.0. The fourth-order valence-corrected chi connectivity index (χ4v) is 2.44. The van der Waals surface area contributed by atoms with Crippen molar-refractivity contribution in [1.82, 2.24) is 5.32 Å². The van der Waals surface area contributed by atoms with Gasteiger partial charge in [-0.05, 0) is 61.8 Å². The van der Waals surface area contributed by atoms with Crippen molar-refractivity contribution in [3.63, 3.8) is 0 Å². The second-order valence-electron chi connectivity index (χ2n) is 6.27. The van der Waals surface area contributed by atoms with Gasteiger partial charge in [0.15, 0.2) is 0 Å². The molecule has 4 N–H and O–H groups in total. The molecular weight excluding hydrogens is 378 g/mol. The molecule has 0 bridgehead atoms. The van der Waals surface area contributed by atoms with Gasteiger partial charge in [-0.1, -0.05) is 49.2 Å². The van der Waals surface area contributed by atoms with Gasteiger partial charge >= 0.3 is 0 Å². The van der Waals surface area contributed by atoms with Crippen molar-refractivity contribution in [3.05, 3.63) is 65.2 Å². The molecule has 0 aliphatic carbocycles. The number of benzene rings is 2. The molecule has 0 aliphatic heterocycles. The molecule has 0 heterocycles. The third kappa shape index (κ3) is 9.72. The van der Waals surface area contributed by atoms with Gasteiger partial charge in [0.05, 0.1) is 19.5 Å². The normalized spacial score (nSPS) is 22.5. The van der Waals surface area contributed by atoms with Crippen LogP contribution < -0.4 is 5.32 Å². The van der Waals surface area contributed by atoms with Crippen molar-refractivity contribution in [2.75, 3.05) is 26.1 Å². The van der Waals surface area contributed by atoms with E-state index in [2.05, 4.69) is 0 Å². The first-order valence-corrected chi connectivity index (χ1v) is 9.59. The van der Waals surface area contributed by atoms with Gasteiger partial charge in [-0.3, -0.25) is 0 Å². The van der Waals surface area contributed by atoms with Gasteiger partial charge in [0.1, 0.15) is 5.75 Å². The molecule has 2 aromatic rings. The molecule has 0 fully saturated rings. The quantitative estimate of drug-likeness (QED) is 0.323. The van der Waals surface area contributed by atoms with E-state index in [4.69, 9.17) is 22.6 Å². The Morgan fingerprint density at radius 1 is 1.00 bits per heavy atom. The number of hydrogen-bond acceptors (Lipinski definition) is 5. The third-order valence-corrected chi connectivity index (χ3v) is 4.01. The predicted octanol–water partition coefficient (Wildman–Crippen LogP) is 4.11. The van der Waals surface area contributed by atoms with E-state index in [1.165, 1.54) is 0 Å². The average Bonchev–Trinajstić information content (AvgIpc) is 2.86. The van der Waals surface area contributed by atoms with Crippen molar-refractivity contribution in [1.29, 1.82) is 0 Å². The van der Waals surface area contributed by atoms with Crippen LogP contribution in [0.15, 0.2) is 48.5 Å². The van der Waals surface area contributed by atoms with Crippen molar-refractivity contribution in [3.8, 4) is 5.75 Å². The molecule has 30 heavy (non-hydrogen) atoms. The lowest BCUT2D eigenvalue weighted by atomic mass is 10.1. The van der Waals surface area contributed by atoms with Crippen LogP contribution in [0.3, 0.4) is 0 Å². The Morgan fingerprint density at radius 2 is 1.80 bits per heavy atom. The minimum absolute atomic E-state index is 0.156. The highest BCUT2D eigenvalue weighted by Gasteiger charge is 2.09. The largest absolute Gasteiger partial charge is 0.508 e. The number of phenols is 1. The van der Waals surface area contributed by atoms with Gasteiger partial charge in [0.25, 0.3) is 0 Å². The SMILES string of the molecule is [2H]C([2H])(CCCc1ccccc1)OC([2H])([2H])C([2H])([2H])CCC([2H])([2H])C([2H])([2H])NC([2H])([2H])C([2H])(O)c1ccc(O)c(CO)c1. The van der Waals surface area contributed by atoms with Crippen molar-refractivity contribution in [2.45, 2.75) is 57.5 Å². The maximum Gasteiger partial charge on any atom is 0.121 e. The zero-order valence-corrected chi connectivity index (χ0v) is 16.6. The van der Waals surface area contributed by atoms with Crippen LogP contribution in [0, 0.1) is 0 Å². The highest BCUT2D eigenvalue weighted by molar-refractivity contribution is 5.36. The number of hydrogen-bond donors (Lipinski definition) is 4. The zero-order valence-electron chi connectivity index (χ0n) is 29.6. The number of aromatic hydroxyl groups is 1. The molecule has 2 rings (SSSR count). The summed E-state index contributed by atoms with van der Waals surface area (Å²) in [5.74, 6) is -0.402. The van der Waals surface area contributed by atoms with Crippen LogP contribution in [0.4, 0.5) is 0 Å². The molecule has 0 aromatic heterocycles. The first-order chi connectivity index (χ1) is 19.4. The Balaban J connectivity index is 2.11. The van der Waals surface area contributed by atoms with Crippen LogP contribution in [-0.4, -0.2) is 41.4 Å². The summed E-state index contributed by atoms with van der Waals surface area (Å²) in [5.41, 5.74) is 0.271. The number of aliphatic hydroxyl groups is 2. The number of aliphatic hydroxyl groups excluding tert-OH is 1. The summed E-state index contributed by atoms with van der Waals surface area (Å²) in [4.78, 5) is 0. The lowest BCUT2D eigenvalue weighted by Crippen LogP contribution is -2.22. The molecule has 0 saturated carbocycles. The van der Waals surface area contributed by atoms with Crippen molar-refractivity contribution < 1.29 is 37.9 Å². The smallest absolute Gasteiger partial charge is 0.121 e. The van der Waals surface area contributed by atoms with E-state index in [0.29, 0.717) is 6.42 Å². The van der Waals surface area contributed by atoms with Crippen LogP contribution in [0.25, 0.3) is 0 Å². The highest BCUT2D eigenvalue weighted by Crippen LogP contribution is 2.22. The molecule has 0 radical (unpaired) electrons. The summed E-state index contributed by atoms with van der Waals surface area (Å²) in [6.45, 7) is -13.3. The van der Waals surface area contributed by atoms with E-state index >= 15 is 0 Å². The van der Waals surface area contributed by atoms with E-state index in [0.717, 1.165) is 23.8 Å². The molecule has 0 saturated heterocycles. The molecule has 0 aliphatic rings. The molecule has 2 aromatic carbocycles. The summed E-state index contributed by atoms with van der Waals surface area (Å²) in [5, 5.41) is 31.3. The minimum atomic E-state index is -3.39. The Morgan fingerprint density at radius 3 is 2.60 bits per heavy atom. The summed E-state index contributed by atoms with van der Waals surface area (Å²) >= 11 is 0. The Labute approximate surface area is 199 Å². The molecule has 5 nitrogen and oxygen atoms in total. The van der Waals surface area contributed by atoms with Gasteiger partial charge < -0.3 is 25.4 Å². The van der Waals surface area contributed by atoms with Gasteiger partial charge in [-0.25, -0.2) is 0 Å². The van der Waals surface area contributed by atoms with E-state index in [1.54, 1.807) is 5.32 Å². The molecule has 1 atom stereocenters. The number of rotatable bonds is 16. The molecular formula is C25H37NO4. The van der Waals surface area contributed by atoms with Crippen LogP contribution in [0.5, 0.6) is 5.75 Å². The van der Waals surface area contributed by atoms with Gasteiger partial charge in [-0.2, -0.15) is 0 Å². The first-order valence-electron chi connectivity index (χ1n) is 16.1. The van der Waals surface area contributed by atoms with Gasteiger partial charge in [0.2, 0.25) is 0 Å². The molecule has 1 unspecified atom stereocenters. The van der Waals surface area contributed by atoms with Gasteiger partial charge in [0, 0.05) is 36.1 Å². The maximum atomic E-state index is 10.7.